The summed E-state index contributed by atoms with van der Waals surface area (Å²) in [5, 5.41) is 3.57. The lowest BCUT2D eigenvalue weighted by Crippen LogP contribution is -2.44. The number of hydrogen-bond donors (Lipinski definition) is 0. The molecule has 0 saturated heterocycles. The molecule has 1 aromatic heterocycles. The lowest BCUT2D eigenvalue weighted by atomic mass is 9.92. The highest BCUT2D eigenvalue weighted by molar-refractivity contribution is 6.07. The van der Waals surface area contributed by atoms with Gasteiger partial charge in [-0.1, -0.05) is 30.3 Å². The van der Waals surface area contributed by atoms with Gasteiger partial charge in [-0.25, -0.2) is 9.67 Å². The van der Waals surface area contributed by atoms with Crippen LogP contribution in [0.15, 0.2) is 42.5 Å². The van der Waals surface area contributed by atoms with Gasteiger partial charge < -0.3 is 9.64 Å². The molecule has 2 aromatic carbocycles. The average molecular weight is 554 g/mol. The van der Waals surface area contributed by atoms with E-state index in [0.717, 1.165) is 16.7 Å². The van der Waals surface area contributed by atoms with Gasteiger partial charge in [0.2, 0.25) is 0 Å². The Hall–Kier alpha value is -4.06. The number of nitrogens with zero attached hydrogens (tertiary/aromatic N) is 5. The molecule has 3 aliphatic rings. The van der Waals surface area contributed by atoms with Crippen molar-refractivity contribution in [3.8, 4) is 5.75 Å². The zero-order valence-electron chi connectivity index (χ0n) is 21.5. The van der Waals surface area contributed by atoms with Crippen molar-refractivity contribution in [3.05, 3.63) is 76.4 Å². The largest absolute Gasteiger partial charge is 0.489 e. The molecule has 3 aromatic rings. The highest BCUT2D eigenvalue weighted by Gasteiger charge is 2.40. The number of aromatic nitrogens is 3. The van der Waals surface area contributed by atoms with Crippen LogP contribution in [0.3, 0.4) is 0 Å². The summed E-state index contributed by atoms with van der Waals surface area (Å²) in [5.74, 6) is -0.737. The summed E-state index contributed by atoms with van der Waals surface area (Å²) in [6, 6.07) is 12.5. The quantitative estimate of drug-likeness (QED) is 0.431. The van der Waals surface area contributed by atoms with E-state index < -0.39 is 18.0 Å². The number of carbonyl (C=O) groups excluding carboxylic acids is 3. The maximum Gasteiger partial charge on any atom is 0.453 e. The predicted molar refractivity (Wildman–Crippen MR) is 134 cm³/mol. The molecule has 1 amide bonds. The Labute approximate surface area is 227 Å². The fourth-order valence-corrected chi connectivity index (χ4v) is 5.50. The van der Waals surface area contributed by atoms with Crippen LogP contribution in [-0.2, 0) is 48.6 Å². The molecule has 1 aliphatic carbocycles. The number of amides is 1. The zero-order valence-corrected chi connectivity index (χ0v) is 21.5. The Morgan fingerprint density at radius 3 is 2.50 bits per heavy atom. The Bertz CT molecular complexity index is 1480. The van der Waals surface area contributed by atoms with Crippen molar-refractivity contribution in [2.24, 2.45) is 0 Å². The van der Waals surface area contributed by atoms with Crippen molar-refractivity contribution in [1.29, 1.82) is 0 Å². The molecule has 0 radical (unpaired) electrons. The van der Waals surface area contributed by atoms with Gasteiger partial charge in [0.05, 0.1) is 32.1 Å². The molecule has 12 heteroatoms. The minimum atomic E-state index is -4.56. The van der Waals surface area contributed by atoms with Crippen LogP contribution in [0, 0.1) is 0 Å². The Balaban J connectivity index is 1.07. The molecule has 6 rings (SSSR count). The Morgan fingerprint density at radius 2 is 1.75 bits per heavy atom. The van der Waals surface area contributed by atoms with E-state index in [1.807, 2.05) is 29.2 Å². The third kappa shape index (κ3) is 5.10. The van der Waals surface area contributed by atoms with E-state index >= 15 is 0 Å². The first-order valence-electron chi connectivity index (χ1n) is 13.1. The van der Waals surface area contributed by atoms with Crippen molar-refractivity contribution in [3.63, 3.8) is 0 Å². The van der Waals surface area contributed by atoms with E-state index in [0.29, 0.717) is 49.6 Å². The maximum atomic E-state index is 13.0. The number of rotatable bonds is 6. The van der Waals surface area contributed by atoms with Crippen LogP contribution in [0.1, 0.15) is 58.0 Å². The fourth-order valence-electron chi connectivity index (χ4n) is 5.50. The smallest absolute Gasteiger partial charge is 0.453 e. The topological polar surface area (TPSA) is 97.6 Å². The van der Waals surface area contributed by atoms with Crippen molar-refractivity contribution in [2.75, 3.05) is 6.54 Å². The van der Waals surface area contributed by atoms with Crippen LogP contribution in [0.5, 0.6) is 5.75 Å². The first-order chi connectivity index (χ1) is 19.2. The first-order valence-corrected chi connectivity index (χ1v) is 13.1. The predicted octanol–water partition coefficient (Wildman–Crippen LogP) is 3.54. The van der Waals surface area contributed by atoms with E-state index in [1.165, 1.54) is 4.68 Å². The van der Waals surface area contributed by atoms with Gasteiger partial charge in [0.1, 0.15) is 24.0 Å². The molecular formula is C28H26F3N5O4. The van der Waals surface area contributed by atoms with Gasteiger partial charge in [-0.3, -0.25) is 19.3 Å². The molecule has 208 valence electrons. The van der Waals surface area contributed by atoms with Gasteiger partial charge >= 0.3 is 6.18 Å². The molecule has 0 N–H and O–H groups in total. The van der Waals surface area contributed by atoms with Crippen LogP contribution in [0.4, 0.5) is 13.2 Å². The third-order valence-corrected chi connectivity index (χ3v) is 7.59. The van der Waals surface area contributed by atoms with Gasteiger partial charge in [0.15, 0.2) is 5.78 Å². The second-order valence-corrected chi connectivity index (χ2v) is 10.3. The molecule has 2 aliphatic heterocycles. The van der Waals surface area contributed by atoms with Gasteiger partial charge in [0, 0.05) is 30.6 Å². The molecule has 0 spiro atoms. The molecular weight excluding hydrogens is 527 g/mol. The standard InChI is InChI=1S/C28H26F3N5O4/c29-28(30,31)27-32-25-15-34(10-11-36(25)33-27)13-17-4-6-18(7-5-17)16-40-24-3-1-2-20-21(24)14-35(26(20)39)22-9-8-19(37)12-23(22)38/h1-7,22H,8-16H2/t22-/m0/s1. The molecule has 9 nitrogen and oxygen atoms in total. The Morgan fingerprint density at radius 1 is 0.975 bits per heavy atom. The highest BCUT2D eigenvalue weighted by atomic mass is 19.4. The summed E-state index contributed by atoms with van der Waals surface area (Å²) in [6.45, 7) is 2.29. The van der Waals surface area contributed by atoms with Crippen molar-refractivity contribution < 1.29 is 32.3 Å². The molecule has 0 unspecified atom stereocenters. The van der Waals surface area contributed by atoms with Gasteiger partial charge in [-0.05, 0) is 29.7 Å². The number of halogens is 3. The van der Waals surface area contributed by atoms with Crippen LogP contribution >= 0.6 is 0 Å². The number of carbonyl (C=O) groups is 3. The molecule has 0 bridgehead atoms. The summed E-state index contributed by atoms with van der Waals surface area (Å²) < 4.78 is 46.2. The van der Waals surface area contributed by atoms with Crippen molar-refractivity contribution in [1.82, 2.24) is 24.6 Å². The summed E-state index contributed by atoms with van der Waals surface area (Å²) >= 11 is 0. The molecule has 1 saturated carbocycles. The van der Waals surface area contributed by atoms with Gasteiger partial charge in [-0.2, -0.15) is 13.2 Å². The second-order valence-electron chi connectivity index (χ2n) is 10.3. The first kappa shape index (κ1) is 26.2. The molecule has 3 heterocycles. The van der Waals surface area contributed by atoms with Crippen LogP contribution in [0.2, 0.25) is 0 Å². The van der Waals surface area contributed by atoms with Crippen LogP contribution in [0.25, 0.3) is 0 Å². The monoisotopic (exact) mass is 553 g/mol. The zero-order chi connectivity index (χ0) is 28.0. The number of ketones is 2. The van der Waals surface area contributed by atoms with Gasteiger partial charge in [0.25, 0.3) is 11.7 Å². The Kier molecular flexibility index (Phi) is 6.65. The fraction of sp³-hybridized carbons (Fsp3) is 0.393. The van der Waals surface area contributed by atoms with Crippen molar-refractivity contribution in [2.45, 2.75) is 64.3 Å². The number of ether oxygens (including phenoxy) is 1. The maximum absolute atomic E-state index is 13.0. The summed E-state index contributed by atoms with van der Waals surface area (Å²) in [4.78, 5) is 44.3. The van der Waals surface area contributed by atoms with Gasteiger partial charge in [-0.15, -0.1) is 5.10 Å². The number of fused-ring (bicyclic) bond motifs is 2. The SMILES string of the molecule is O=C1CC[C@H](N2Cc3c(OCc4ccc(CN5CCn6nc(C(F)(F)F)nc6C5)cc4)cccc3C2=O)C(=O)C1. The molecule has 1 atom stereocenters. The highest BCUT2D eigenvalue weighted by Crippen LogP contribution is 2.35. The third-order valence-electron chi connectivity index (χ3n) is 7.59. The number of alkyl halides is 3. The minimum Gasteiger partial charge on any atom is -0.489 e. The molecule has 40 heavy (non-hydrogen) atoms. The summed E-state index contributed by atoms with van der Waals surface area (Å²) in [7, 11) is 0. The summed E-state index contributed by atoms with van der Waals surface area (Å²) in [5.41, 5.74) is 3.17. The second kappa shape index (κ2) is 10.2. The van der Waals surface area contributed by atoms with E-state index in [1.54, 1.807) is 23.1 Å². The number of Topliss-reactive ketones (excluding diaryl/α,β-unsaturated/α-hetero) is 2. The lowest BCUT2D eigenvalue weighted by Gasteiger charge is -2.29. The summed E-state index contributed by atoms with van der Waals surface area (Å²) in [6.07, 6.45) is -4.03. The number of hydrogen-bond acceptors (Lipinski definition) is 7. The minimum absolute atomic E-state index is 0.0830. The normalized spacial score (nSPS) is 19.6. The average Bonchev–Trinajstić information content (AvgIpc) is 3.50. The molecule has 1 fully saturated rings. The van der Waals surface area contributed by atoms with Crippen LogP contribution < -0.4 is 4.74 Å². The number of benzene rings is 2. The van der Waals surface area contributed by atoms with E-state index in [-0.39, 0.29) is 43.6 Å². The van der Waals surface area contributed by atoms with E-state index in [4.69, 9.17) is 4.74 Å². The lowest BCUT2D eigenvalue weighted by molar-refractivity contribution is -0.145. The van der Waals surface area contributed by atoms with E-state index in [9.17, 15) is 27.6 Å². The van der Waals surface area contributed by atoms with Crippen molar-refractivity contribution >= 4 is 17.5 Å². The van der Waals surface area contributed by atoms with E-state index in [2.05, 4.69) is 10.1 Å². The van der Waals surface area contributed by atoms with Crippen LogP contribution in [-0.4, -0.2) is 54.6 Å².